The van der Waals surface area contributed by atoms with Gasteiger partial charge in [-0.1, -0.05) is 67.8 Å². The Morgan fingerprint density at radius 3 is 2.56 bits per heavy atom. The average Bonchev–Trinajstić information content (AvgIpc) is 3.47. The number of benzene rings is 2. The number of anilines is 1. The van der Waals surface area contributed by atoms with Gasteiger partial charge in [-0.2, -0.15) is 0 Å². The summed E-state index contributed by atoms with van der Waals surface area (Å²) in [5, 5.41) is 14.3. The highest BCUT2D eigenvalue weighted by atomic mass is 16.5. The van der Waals surface area contributed by atoms with Gasteiger partial charge in [-0.25, -0.2) is 4.79 Å². The van der Waals surface area contributed by atoms with E-state index in [1.165, 1.54) is 37.5 Å². The molecule has 0 amide bonds. The molecule has 2 aliphatic heterocycles. The topological polar surface area (TPSA) is 61.8 Å². The Kier molecular flexibility index (Phi) is 6.17. The number of nitrogens with one attached hydrogen (secondary N) is 1. The second-order valence-electron chi connectivity index (χ2n) is 11.5. The first-order chi connectivity index (χ1) is 17.6. The molecule has 4 aliphatic rings. The van der Waals surface area contributed by atoms with Crippen LogP contribution in [-0.2, 0) is 21.5 Å². The van der Waals surface area contributed by atoms with E-state index in [4.69, 9.17) is 4.74 Å². The molecule has 5 heteroatoms. The molecule has 5 nitrogen and oxygen atoms in total. The molecular formula is C31H38N2O3. The Morgan fingerprint density at radius 1 is 1.06 bits per heavy atom. The Labute approximate surface area is 214 Å². The summed E-state index contributed by atoms with van der Waals surface area (Å²) in [7, 11) is 1.50. The summed E-state index contributed by atoms with van der Waals surface area (Å²) in [6.45, 7) is 2.12. The number of nitrogens with zero attached hydrogens (tertiary/aromatic N) is 1. The largest absolute Gasteiger partial charge is 0.466 e. The predicted octanol–water partition coefficient (Wildman–Crippen LogP) is 5.40. The zero-order valence-corrected chi connectivity index (χ0v) is 21.3. The second-order valence-corrected chi connectivity index (χ2v) is 11.5. The molecule has 0 radical (unpaired) electrons. The molecule has 36 heavy (non-hydrogen) atoms. The molecule has 2 N–H and O–H groups in total. The number of para-hydroxylation sites is 1. The van der Waals surface area contributed by atoms with Gasteiger partial charge in [0.15, 0.2) is 0 Å². The highest BCUT2D eigenvalue weighted by molar-refractivity contribution is 5.93. The number of carbonyl (C=O) groups excluding carboxylic acids is 1. The number of fused-ring (bicyclic) bond motifs is 1. The number of esters is 1. The third kappa shape index (κ3) is 3.71. The van der Waals surface area contributed by atoms with Gasteiger partial charge in [0.2, 0.25) is 0 Å². The lowest BCUT2D eigenvalue weighted by molar-refractivity contribution is -0.136. The van der Waals surface area contributed by atoms with Crippen molar-refractivity contribution >= 4 is 11.7 Å². The number of ether oxygens (including phenoxy) is 1. The summed E-state index contributed by atoms with van der Waals surface area (Å²) in [6, 6.07) is 19.6. The first-order valence-electron chi connectivity index (χ1n) is 13.7. The Hall–Kier alpha value is -2.63. The van der Waals surface area contributed by atoms with Crippen LogP contribution in [0.15, 0.2) is 65.9 Å². The number of aliphatic hydroxyl groups excluding tert-OH is 1. The average molecular weight is 487 g/mol. The van der Waals surface area contributed by atoms with Gasteiger partial charge < -0.3 is 15.2 Å². The fraction of sp³-hybridized carbons (Fsp3) is 0.516. The zero-order chi connectivity index (χ0) is 24.8. The third-order valence-electron chi connectivity index (χ3n) is 9.62. The summed E-state index contributed by atoms with van der Waals surface area (Å²) in [5.41, 5.74) is 5.34. The van der Waals surface area contributed by atoms with Gasteiger partial charge >= 0.3 is 5.97 Å². The highest BCUT2D eigenvalue weighted by Gasteiger charge is 2.61. The molecule has 2 heterocycles. The molecule has 2 aromatic rings. The SMILES string of the molecule is COC(=O)C1=C2Nc3ccccc3[C@]23CCN(Cc2ccccc2)[C@@H]3[C@@H](CC2(CO)CCCCC2)C1. The standard InChI is InChI=1S/C31H38N2O3/c1-36-29(35)24-18-23(19-30(21-34)14-8-3-9-15-30)28-31(25-12-6-7-13-26(25)32-27(24)31)16-17-33(28)20-22-10-4-2-5-11-22/h2,4-7,10-13,23,28,32,34H,3,8-9,14-21H2,1H3/t23-,28-,31-/m1/s1. The molecule has 3 atom stereocenters. The molecule has 0 bridgehead atoms. The van der Waals surface area contributed by atoms with Gasteiger partial charge in [0.05, 0.1) is 18.1 Å². The van der Waals surface area contributed by atoms with E-state index in [1.54, 1.807) is 0 Å². The van der Waals surface area contributed by atoms with Crippen molar-refractivity contribution in [3.63, 3.8) is 0 Å². The van der Waals surface area contributed by atoms with E-state index in [0.29, 0.717) is 6.42 Å². The van der Waals surface area contributed by atoms with Gasteiger partial charge in [0.1, 0.15) is 0 Å². The lowest BCUT2D eigenvalue weighted by atomic mass is 9.59. The van der Waals surface area contributed by atoms with Gasteiger partial charge in [0.25, 0.3) is 0 Å². The van der Waals surface area contributed by atoms with Gasteiger partial charge in [-0.15, -0.1) is 0 Å². The molecule has 1 spiro atoms. The van der Waals surface area contributed by atoms with E-state index < -0.39 is 0 Å². The van der Waals surface area contributed by atoms with Crippen LogP contribution in [0.25, 0.3) is 0 Å². The lowest BCUT2D eigenvalue weighted by Crippen LogP contribution is -2.53. The number of aliphatic hydroxyl groups is 1. The smallest absolute Gasteiger partial charge is 0.335 e. The van der Waals surface area contributed by atoms with E-state index in [0.717, 1.165) is 55.7 Å². The van der Waals surface area contributed by atoms with E-state index >= 15 is 0 Å². The maximum absolute atomic E-state index is 13.2. The quantitative estimate of drug-likeness (QED) is 0.535. The van der Waals surface area contributed by atoms with Crippen molar-refractivity contribution in [1.29, 1.82) is 0 Å². The molecular weight excluding hydrogens is 448 g/mol. The van der Waals surface area contributed by atoms with Crippen molar-refractivity contribution in [2.45, 2.75) is 69.4 Å². The first-order valence-corrected chi connectivity index (χ1v) is 13.7. The normalized spacial score (nSPS) is 28.7. The minimum Gasteiger partial charge on any atom is -0.466 e. The molecule has 2 fully saturated rings. The molecule has 1 saturated carbocycles. The highest BCUT2D eigenvalue weighted by Crippen LogP contribution is 2.61. The third-order valence-corrected chi connectivity index (χ3v) is 9.62. The van der Waals surface area contributed by atoms with Crippen LogP contribution in [0, 0.1) is 11.3 Å². The number of hydrogen-bond donors (Lipinski definition) is 2. The van der Waals surface area contributed by atoms with Gasteiger partial charge in [-0.05, 0) is 60.6 Å². The molecule has 190 valence electrons. The number of rotatable bonds is 6. The van der Waals surface area contributed by atoms with Crippen molar-refractivity contribution in [2.24, 2.45) is 11.3 Å². The lowest BCUT2D eigenvalue weighted by Gasteiger charge is -2.49. The predicted molar refractivity (Wildman–Crippen MR) is 141 cm³/mol. The Balaban J connectivity index is 1.48. The summed E-state index contributed by atoms with van der Waals surface area (Å²) < 4.78 is 5.35. The van der Waals surface area contributed by atoms with Crippen molar-refractivity contribution in [3.05, 3.63) is 77.0 Å². The van der Waals surface area contributed by atoms with Crippen LogP contribution in [0.2, 0.25) is 0 Å². The number of hydrogen-bond acceptors (Lipinski definition) is 5. The van der Waals surface area contributed by atoms with E-state index in [9.17, 15) is 9.90 Å². The van der Waals surface area contributed by atoms with Crippen LogP contribution in [0.3, 0.4) is 0 Å². The summed E-state index contributed by atoms with van der Waals surface area (Å²) in [6.07, 6.45) is 8.42. The van der Waals surface area contributed by atoms with Crippen molar-refractivity contribution in [1.82, 2.24) is 4.90 Å². The maximum atomic E-state index is 13.2. The Bertz CT molecular complexity index is 1150. The second kappa shape index (κ2) is 9.35. The number of carbonyl (C=O) groups is 1. The first kappa shape index (κ1) is 23.7. The van der Waals surface area contributed by atoms with Crippen LogP contribution < -0.4 is 5.32 Å². The molecule has 0 unspecified atom stereocenters. The van der Waals surface area contributed by atoms with Gasteiger partial charge in [0, 0.05) is 37.1 Å². The minimum atomic E-state index is -0.247. The zero-order valence-electron chi connectivity index (χ0n) is 21.3. The molecule has 6 rings (SSSR count). The van der Waals surface area contributed by atoms with E-state index in [-0.39, 0.29) is 35.4 Å². The van der Waals surface area contributed by atoms with E-state index in [1.807, 2.05) is 0 Å². The van der Waals surface area contributed by atoms with Crippen molar-refractivity contribution in [3.8, 4) is 0 Å². The fourth-order valence-electron chi connectivity index (χ4n) is 8.14. The maximum Gasteiger partial charge on any atom is 0.335 e. The van der Waals surface area contributed by atoms with E-state index in [2.05, 4.69) is 64.8 Å². The van der Waals surface area contributed by atoms with Crippen LogP contribution in [0.5, 0.6) is 0 Å². The Morgan fingerprint density at radius 2 is 1.81 bits per heavy atom. The molecule has 2 aliphatic carbocycles. The summed E-state index contributed by atoms with van der Waals surface area (Å²) in [5.74, 6) is 0.0589. The molecule has 0 aromatic heterocycles. The van der Waals surface area contributed by atoms with Gasteiger partial charge in [-0.3, -0.25) is 4.90 Å². The summed E-state index contributed by atoms with van der Waals surface area (Å²) >= 11 is 0. The van der Waals surface area contributed by atoms with Crippen molar-refractivity contribution < 1.29 is 14.6 Å². The van der Waals surface area contributed by atoms with Crippen LogP contribution >= 0.6 is 0 Å². The molecule has 1 saturated heterocycles. The monoisotopic (exact) mass is 486 g/mol. The van der Waals surface area contributed by atoms with Crippen LogP contribution in [0.1, 0.15) is 62.5 Å². The fourth-order valence-corrected chi connectivity index (χ4v) is 8.14. The summed E-state index contributed by atoms with van der Waals surface area (Å²) in [4.78, 5) is 15.9. The minimum absolute atomic E-state index is 0.0462. The molecule has 2 aromatic carbocycles. The number of methoxy groups -OCH3 is 1. The van der Waals surface area contributed by atoms with Crippen molar-refractivity contribution in [2.75, 3.05) is 25.6 Å². The van der Waals surface area contributed by atoms with Crippen LogP contribution in [0.4, 0.5) is 5.69 Å². The number of likely N-dealkylation sites (tertiary alicyclic amines) is 1. The van der Waals surface area contributed by atoms with Crippen LogP contribution in [-0.4, -0.2) is 42.3 Å².